The summed E-state index contributed by atoms with van der Waals surface area (Å²) in [4.78, 5) is 5.30. The predicted octanol–water partition coefficient (Wildman–Crippen LogP) is 2.41. The smallest absolute Gasteiger partial charge is 0.358 e. The Balaban J connectivity index is 2.21. The Labute approximate surface area is 121 Å². The van der Waals surface area contributed by atoms with E-state index >= 15 is 0 Å². The van der Waals surface area contributed by atoms with Crippen LogP contribution in [0.3, 0.4) is 0 Å². The highest BCUT2D eigenvalue weighted by atomic mass is 19.4. The topological polar surface area (TPSA) is 52.0 Å². The van der Waals surface area contributed by atoms with Gasteiger partial charge < -0.3 is 10.2 Å². The van der Waals surface area contributed by atoms with E-state index in [-0.39, 0.29) is 11.4 Å². The zero-order chi connectivity index (χ0) is 15.5. The normalized spacial score (nSPS) is 16.5. The van der Waals surface area contributed by atoms with Crippen LogP contribution in [0.4, 0.5) is 19.0 Å². The van der Waals surface area contributed by atoms with Gasteiger partial charge in [-0.2, -0.15) is 18.4 Å². The van der Waals surface area contributed by atoms with E-state index in [1.165, 1.54) is 6.07 Å². The van der Waals surface area contributed by atoms with Crippen molar-refractivity contribution in [3.63, 3.8) is 0 Å². The van der Waals surface area contributed by atoms with E-state index in [2.05, 4.69) is 10.3 Å². The third-order valence-electron chi connectivity index (χ3n) is 3.64. The quantitative estimate of drug-likeness (QED) is 0.931. The van der Waals surface area contributed by atoms with E-state index in [9.17, 15) is 13.2 Å². The van der Waals surface area contributed by atoms with Gasteiger partial charge in [-0.05, 0) is 44.0 Å². The number of rotatable bonds is 3. The van der Waals surface area contributed by atoms with Gasteiger partial charge >= 0.3 is 6.18 Å². The Hall–Kier alpha value is -1.81. The van der Waals surface area contributed by atoms with Gasteiger partial charge in [-0.1, -0.05) is 0 Å². The maximum absolute atomic E-state index is 12.8. The molecular formula is C14H17F3N4. The van der Waals surface area contributed by atoms with Gasteiger partial charge in [0, 0.05) is 13.6 Å². The first-order valence-corrected chi connectivity index (χ1v) is 6.82. The summed E-state index contributed by atoms with van der Waals surface area (Å²) in [6.07, 6.45) is -2.55. The van der Waals surface area contributed by atoms with Crippen molar-refractivity contribution in [3.05, 3.63) is 23.4 Å². The second-order valence-electron chi connectivity index (χ2n) is 5.25. The summed E-state index contributed by atoms with van der Waals surface area (Å²) >= 11 is 0. The van der Waals surface area contributed by atoms with Gasteiger partial charge in [0.15, 0.2) is 0 Å². The summed E-state index contributed by atoms with van der Waals surface area (Å²) in [5.41, 5.74) is -0.798. The number of nitriles is 1. The first-order valence-electron chi connectivity index (χ1n) is 6.82. The summed E-state index contributed by atoms with van der Waals surface area (Å²) in [6, 6.07) is 3.94. The fourth-order valence-electron chi connectivity index (χ4n) is 2.52. The number of pyridine rings is 1. The van der Waals surface area contributed by atoms with E-state index in [0.29, 0.717) is 12.5 Å². The van der Waals surface area contributed by atoms with Crippen molar-refractivity contribution in [1.29, 1.82) is 5.26 Å². The molecule has 1 aliphatic heterocycles. The highest BCUT2D eigenvalue weighted by molar-refractivity contribution is 5.54. The molecule has 0 unspecified atom stereocenters. The molecule has 0 aliphatic carbocycles. The van der Waals surface area contributed by atoms with Gasteiger partial charge in [-0.15, -0.1) is 0 Å². The molecule has 2 rings (SSSR count). The van der Waals surface area contributed by atoms with Crippen molar-refractivity contribution >= 4 is 5.82 Å². The van der Waals surface area contributed by atoms with Crippen LogP contribution in [0.2, 0.25) is 0 Å². The maximum Gasteiger partial charge on any atom is 0.433 e. The third kappa shape index (κ3) is 3.85. The second-order valence-corrected chi connectivity index (χ2v) is 5.25. The Morgan fingerprint density at radius 3 is 2.62 bits per heavy atom. The van der Waals surface area contributed by atoms with Crippen LogP contribution in [0.15, 0.2) is 12.1 Å². The number of hydrogen-bond acceptors (Lipinski definition) is 4. The second kappa shape index (κ2) is 6.31. The third-order valence-corrected chi connectivity index (χ3v) is 3.64. The molecule has 1 aliphatic rings. The minimum absolute atomic E-state index is 0.103. The molecule has 0 bridgehead atoms. The lowest BCUT2D eigenvalue weighted by molar-refractivity contribution is -0.141. The fourth-order valence-corrected chi connectivity index (χ4v) is 2.52. The molecule has 2 heterocycles. The van der Waals surface area contributed by atoms with Crippen molar-refractivity contribution < 1.29 is 13.2 Å². The molecule has 1 saturated heterocycles. The molecule has 1 fully saturated rings. The molecule has 114 valence electrons. The van der Waals surface area contributed by atoms with Crippen LogP contribution >= 0.6 is 0 Å². The van der Waals surface area contributed by atoms with Crippen LogP contribution in [0.25, 0.3) is 0 Å². The van der Waals surface area contributed by atoms with Crippen LogP contribution in [0, 0.1) is 17.2 Å². The number of alkyl halides is 3. The van der Waals surface area contributed by atoms with Crippen molar-refractivity contribution in [2.24, 2.45) is 5.92 Å². The Bertz CT molecular complexity index is 530. The SMILES string of the molecule is CN(CC1CCNCC1)c1nc(C(F)(F)F)ccc1C#N. The summed E-state index contributed by atoms with van der Waals surface area (Å²) in [6.45, 7) is 2.43. The number of nitrogens with one attached hydrogen (secondary N) is 1. The van der Waals surface area contributed by atoms with Gasteiger partial charge in [0.2, 0.25) is 0 Å². The van der Waals surface area contributed by atoms with E-state index in [4.69, 9.17) is 5.26 Å². The zero-order valence-electron chi connectivity index (χ0n) is 11.7. The zero-order valence-corrected chi connectivity index (χ0v) is 11.7. The van der Waals surface area contributed by atoms with Gasteiger partial charge in [0.25, 0.3) is 0 Å². The molecule has 0 atom stereocenters. The molecule has 4 nitrogen and oxygen atoms in total. The van der Waals surface area contributed by atoms with E-state index < -0.39 is 11.9 Å². The lowest BCUT2D eigenvalue weighted by Crippen LogP contribution is -2.35. The Kier molecular flexibility index (Phi) is 4.68. The number of hydrogen-bond donors (Lipinski definition) is 1. The van der Waals surface area contributed by atoms with Crippen molar-refractivity contribution in [3.8, 4) is 6.07 Å². The first kappa shape index (κ1) is 15.6. The predicted molar refractivity (Wildman–Crippen MR) is 72.8 cm³/mol. The summed E-state index contributed by atoms with van der Waals surface area (Å²) in [5.74, 6) is 0.505. The van der Waals surface area contributed by atoms with Crippen LogP contribution in [0.5, 0.6) is 0 Å². The first-order chi connectivity index (χ1) is 9.91. The molecule has 0 amide bonds. The Morgan fingerprint density at radius 1 is 1.38 bits per heavy atom. The van der Waals surface area contributed by atoms with Gasteiger partial charge in [-0.3, -0.25) is 0 Å². The fraction of sp³-hybridized carbons (Fsp3) is 0.571. The van der Waals surface area contributed by atoms with Crippen LogP contribution in [-0.2, 0) is 6.18 Å². The molecule has 1 N–H and O–H groups in total. The largest absolute Gasteiger partial charge is 0.433 e. The molecule has 7 heteroatoms. The summed E-state index contributed by atoms with van der Waals surface area (Å²) < 4.78 is 38.3. The molecule has 0 saturated carbocycles. The number of anilines is 1. The van der Waals surface area contributed by atoms with Crippen molar-refractivity contribution in [2.75, 3.05) is 31.6 Å². The van der Waals surface area contributed by atoms with Crippen LogP contribution < -0.4 is 10.2 Å². The molecule has 1 aromatic heterocycles. The van der Waals surface area contributed by atoms with Crippen LogP contribution in [0.1, 0.15) is 24.1 Å². The summed E-state index contributed by atoms with van der Waals surface area (Å²) in [7, 11) is 1.69. The standard InChI is InChI=1S/C14H17F3N4/c1-21(9-10-4-6-19-7-5-10)13-11(8-18)2-3-12(20-13)14(15,16)17/h2-3,10,19H,4-7,9H2,1H3. The number of piperidine rings is 1. The number of nitrogens with zero attached hydrogens (tertiary/aromatic N) is 3. The molecule has 21 heavy (non-hydrogen) atoms. The number of aromatic nitrogens is 1. The molecule has 0 radical (unpaired) electrons. The highest BCUT2D eigenvalue weighted by Gasteiger charge is 2.33. The highest BCUT2D eigenvalue weighted by Crippen LogP contribution is 2.30. The number of halogens is 3. The van der Waals surface area contributed by atoms with Gasteiger partial charge in [-0.25, -0.2) is 4.98 Å². The summed E-state index contributed by atoms with van der Waals surface area (Å²) in [5, 5.41) is 12.3. The van der Waals surface area contributed by atoms with Gasteiger partial charge in [0.1, 0.15) is 17.6 Å². The Morgan fingerprint density at radius 2 is 2.05 bits per heavy atom. The molecular weight excluding hydrogens is 281 g/mol. The van der Waals surface area contributed by atoms with Crippen molar-refractivity contribution in [1.82, 2.24) is 10.3 Å². The maximum atomic E-state index is 12.8. The van der Waals surface area contributed by atoms with E-state index in [0.717, 1.165) is 32.0 Å². The monoisotopic (exact) mass is 298 g/mol. The van der Waals surface area contributed by atoms with E-state index in [1.807, 2.05) is 6.07 Å². The van der Waals surface area contributed by atoms with E-state index in [1.54, 1.807) is 11.9 Å². The van der Waals surface area contributed by atoms with Crippen LogP contribution in [-0.4, -0.2) is 31.7 Å². The molecule has 0 spiro atoms. The molecule has 0 aromatic carbocycles. The minimum atomic E-state index is -4.50. The van der Waals surface area contributed by atoms with Gasteiger partial charge in [0.05, 0.1) is 5.56 Å². The minimum Gasteiger partial charge on any atom is -0.358 e. The van der Waals surface area contributed by atoms with Crippen molar-refractivity contribution in [2.45, 2.75) is 19.0 Å². The molecule has 1 aromatic rings. The lowest BCUT2D eigenvalue weighted by atomic mass is 9.97. The average molecular weight is 298 g/mol. The lowest BCUT2D eigenvalue weighted by Gasteiger charge is -2.28. The average Bonchev–Trinajstić information content (AvgIpc) is 2.46.